The Morgan fingerprint density at radius 3 is 1.41 bits per heavy atom. The molecule has 25 nitrogen and oxygen atoms in total. The molecule has 0 radical (unpaired) electrons. The van der Waals surface area contributed by atoms with E-state index in [9.17, 15) is 48.3 Å². The van der Waals surface area contributed by atoms with Crippen LogP contribution >= 0.6 is 0 Å². The second-order valence-corrected chi connectivity index (χ2v) is 22.7. The Hall–Kier alpha value is -7.39. The van der Waals surface area contributed by atoms with Gasteiger partial charge in [0.15, 0.2) is 0 Å². The highest BCUT2D eigenvalue weighted by atomic mass is 16.5. The van der Waals surface area contributed by atoms with Crippen LogP contribution in [0.5, 0.6) is 0 Å². The van der Waals surface area contributed by atoms with E-state index < -0.39 is 108 Å². The van der Waals surface area contributed by atoms with Crippen molar-refractivity contribution in [2.45, 2.75) is 126 Å². The number of ether oxygens (including phenoxy) is 4. The first-order chi connectivity index (χ1) is 42.6. The zero-order valence-electron chi connectivity index (χ0n) is 50.9. The molecule has 4 saturated heterocycles. The molecule has 480 valence electrons. The average molecular weight is 1220 g/mol. The number of nitrogens with one attached hydrogen (secondary N) is 9. The second kappa shape index (κ2) is 35.0. The molecule has 1 unspecified atom stereocenters. The van der Waals surface area contributed by atoms with E-state index in [1.165, 1.54) is 4.90 Å². The highest BCUT2D eigenvalue weighted by Crippen LogP contribution is 2.36. The van der Waals surface area contributed by atoms with E-state index in [1.54, 1.807) is 63.2 Å². The first kappa shape index (κ1) is 68.1. The lowest BCUT2D eigenvalue weighted by Crippen LogP contribution is -2.59. The number of fused-ring (bicyclic) bond motifs is 2. The number of amides is 9. The third-order valence-corrected chi connectivity index (χ3v) is 16.9. The molecule has 0 aliphatic carbocycles. The van der Waals surface area contributed by atoms with Crippen molar-refractivity contribution >= 4 is 53.2 Å². The highest BCUT2D eigenvalue weighted by Gasteiger charge is 2.50. The minimum atomic E-state index is -1.07. The van der Waals surface area contributed by atoms with Crippen LogP contribution in [0.4, 0.5) is 0 Å². The molecule has 0 spiro atoms. The number of rotatable bonds is 33. The van der Waals surface area contributed by atoms with Gasteiger partial charge in [-0.15, -0.1) is 0 Å². The lowest BCUT2D eigenvalue weighted by atomic mass is 9.92. The minimum absolute atomic E-state index is 0.0420. The van der Waals surface area contributed by atoms with Crippen LogP contribution in [0.1, 0.15) is 94.0 Å². The van der Waals surface area contributed by atoms with Gasteiger partial charge in [-0.25, -0.2) is 0 Å². The standard InChI is InChI=1S/C63H89N11O14/c1-40(64-3)57(78)71-55-45(20-22-47-24-26-49(73(47)62(55)83)59(80)69-53(42-14-8-5-9-15-42)43-16-10-6-11-17-43)36-68-52(77)39-88-38-51(76)66-28-30-85-32-34-87-35-33-86-31-29-67-61(82)54(44-18-12-7-13-19-44)70-60(81)50-27-25-48-23-21-46(37-75)56(63(84)74(48)50)72-58(79)41(2)65-4/h5-19,40-41,45-50,53-56,64-65,75H,20-39H2,1-4H3,(H,66,76)(H,67,82)(H,68,77)(H,69,80)(H,70,81)(H,71,78)(H,72,79)/t40-,41-,45+,46+,47-,48-,49-,50-,54-,55-,56?/m0/s1. The van der Waals surface area contributed by atoms with Gasteiger partial charge in [0.2, 0.25) is 53.2 Å². The number of nitrogens with zero attached hydrogens (tertiary/aromatic N) is 2. The van der Waals surface area contributed by atoms with Gasteiger partial charge in [0.05, 0.1) is 57.8 Å². The fraction of sp³-hybridized carbons (Fsp3) is 0.571. The van der Waals surface area contributed by atoms with Crippen LogP contribution in [0.25, 0.3) is 0 Å². The Morgan fingerprint density at radius 1 is 0.500 bits per heavy atom. The number of hydrogen-bond acceptors (Lipinski definition) is 16. The van der Waals surface area contributed by atoms with Crippen LogP contribution in [0, 0.1) is 11.8 Å². The smallest absolute Gasteiger partial charge is 0.247 e. The van der Waals surface area contributed by atoms with Crippen molar-refractivity contribution < 1.29 is 67.2 Å². The highest BCUT2D eigenvalue weighted by molar-refractivity contribution is 5.97. The number of likely N-dealkylation sites (N-methyl/N-ethyl adjacent to an activating group) is 2. The molecule has 3 aromatic rings. The number of carbonyl (C=O) groups excluding carboxylic acids is 9. The van der Waals surface area contributed by atoms with Crippen LogP contribution in [-0.2, 0) is 62.1 Å². The van der Waals surface area contributed by atoms with Crippen LogP contribution in [0.3, 0.4) is 0 Å². The monoisotopic (exact) mass is 1220 g/mol. The summed E-state index contributed by atoms with van der Waals surface area (Å²) in [7, 11) is 3.27. The maximum Gasteiger partial charge on any atom is 0.247 e. The number of hydrogen-bond donors (Lipinski definition) is 10. The summed E-state index contributed by atoms with van der Waals surface area (Å²) in [4.78, 5) is 125. The molecule has 4 heterocycles. The molecule has 4 fully saturated rings. The van der Waals surface area contributed by atoms with E-state index in [1.807, 2.05) is 60.7 Å². The molecule has 3 aromatic carbocycles. The quantitative estimate of drug-likeness (QED) is 0.0356. The van der Waals surface area contributed by atoms with Crippen molar-refractivity contribution in [3.8, 4) is 0 Å². The second-order valence-electron chi connectivity index (χ2n) is 22.7. The Morgan fingerprint density at radius 2 is 0.920 bits per heavy atom. The van der Waals surface area contributed by atoms with E-state index in [0.29, 0.717) is 56.9 Å². The third kappa shape index (κ3) is 19.1. The zero-order valence-corrected chi connectivity index (χ0v) is 50.9. The lowest BCUT2D eigenvalue weighted by Gasteiger charge is -2.33. The van der Waals surface area contributed by atoms with Gasteiger partial charge >= 0.3 is 0 Å². The van der Waals surface area contributed by atoms with Crippen molar-refractivity contribution in [2.75, 3.05) is 93.2 Å². The summed E-state index contributed by atoms with van der Waals surface area (Å²) in [5, 5.41) is 36.1. The Bertz CT molecular complexity index is 2730. The van der Waals surface area contributed by atoms with Gasteiger partial charge in [-0.3, -0.25) is 43.2 Å². The van der Waals surface area contributed by atoms with Gasteiger partial charge in [0.25, 0.3) is 0 Å². The predicted molar refractivity (Wildman–Crippen MR) is 323 cm³/mol. The molecule has 9 amide bonds. The summed E-state index contributed by atoms with van der Waals surface area (Å²) in [5.74, 6) is -4.83. The normalized spacial score (nSPS) is 22.7. The predicted octanol–water partition coefficient (Wildman–Crippen LogP) is -0.118. The van der Waals surface area contributed by atoms with Gasteiger partial charge in [-0.2, -0.15) is 0 Å². The van der Waals surface area contributed by atoms with Gasteiger partial charge in [0, 0.05) is 50.2 Å². The summed E-state index contributed by atoms with van der Waals surface area (Å²) >= 11 is 0. The van der Waals surface area contributed by atoms with E-state index in [2.05, 4.69) is 47.9 Å². The third-order valence-electron chi connectivity index (χ3n) is 16.9. The summed E-state index contributed by atoms with van der Waals surface area (Å²) in [6, 6.07) is 21.1. The van der Waals surface area contributed by atoms with Gasteiger partial charge in [0.1, 0.15) is 43.4 Å². The number of benzene rings is 3. The summed E-state index contributed by atoms with van der Waals surface area (Å²) in [5.41, 5.74) is 2.34. The lowest BCUT2D eigenvalue weighted by molar-refractivity contribution is -0.144. The number of aliphatic hydroxyl groups is 1. The summed E-state index contributed by atoms with van der Waals surface area (Å²) < 4.78 is 22.2. The molecular weight excluding hydrogens is 1130 g/mol. The van der Waals surface area contributed by atoms with Crippen molar-refractivity contribution in [3.05, 3.63) is 108 Å². The molecule has 10 N–H and O–H groups in total. The van der Waals surface area contributed by atoms with Crippen LogP contribution in [0.2, 0.25) is 0 Å². The molecule has 7 rings (SSSR count). The molecule has 0 bridgehead atoms. The Balaban J connectivity index is 0.754. The van der Waals surface area contributed by atoms with Crippen LogP contribution in [0.15, 0.2) is 91.0 Å². The van der Waals surface area contributed by atoms with Crippen molar-refractivity contribution in [3.63, 3.8) is 0 Å². The van der Waals surface area contributed by atoms with E-state index in [4.69, 9.17) is 18.9 Å². The van der Waals surface area contributed by atoms with E-state index in [-0.39, 0.29) is 96.4 Å². The summed E-state index contributed by atoms with van der Waals surface area (Å²) in [6.45, 7) is 3.89. The molecule has 25 heteroatoms. The fourth-order valence-electron chi connectivity index (χ4n) is 11.8. The molecule has 0 aromatic heterocycles. The largest absolute Gasteiger partial charge is 0.396 e. The van der Waals surface area contributed by atoms with Gasteiger partial charge < -0.3 is 81.7 Å². The molecule has 4 aliphatic heterocycles. The number of carbonyl (C=O) groups is 9. The average Bonchev–Trinajstić information content (AvgIpc) is 2.62. The Labute approximate surface area is 514 Å². The van der Waals surface area contributed by atoms with Gasteiger partial charge in [-0.1, -0.05) is 91.0 Å². The maximum absolute atomic E-state index is 14.6. The first-order valence-corrected chi connectivity index (χ1v) is 30.7. The molecule has 11 atom stereocenters. The van der Waals surface area contributed by atoms with Gasteiger partial charge in [-0.05, 0) is 96.0 Å². The van der Waals surface area contributed by atoms with Crippen LogP contribution < -0.4 is 47.9 Å². The van der Waals surface area contributed by atoms with Crippen molar-refractivity contribution in [2.24, 2.45) is 11.8 Å². The SMILES string of the molecule is CN[C@@H](C)C(=O)NC1C(=O)N2[C@@H](CC[C@@H]1CO)CC[C@H]2C(=O)N[C@H](C(=O)NCCOCCOCCOCCNC(=O)COCC(=O)NC[C@H]1CC[C@H]2CC[C@@H](C(=O)NC(c3ccccc3)c3ccccc3)N2C(=O)[C@H]1NC(=O)[C@H](C)NC)c1ccccc1. The Kier molecular flexibility index (Phi) is 27.1. The summed E-state index contributed by atoms with van der Waals surface area (Å²) in [6.07, 6.45) is 4.12. The van der Waals surface area contributed by atoms with Crippen molar-refractivity contribution in [1.82, 2.24) is 57.7 Å². The van der Waals surface area contributed by atoms with Crippen molar-refractivity contribution in [1.29, 1.82) is 0 Å². The molecular formula is C63H89N11O14. The fourth-order valence-corrected chi connectivity index (χ4v) is 11.8. The van der Waals surface area contributed by atoms with E-state index in [0.717, 1.165) is 11.1 Å². The number of aliphatic hydroxyl groups excluding tert-OH is 1. The molecule has 88 heavy (non-hydrogen) atoms. The topological polar surface area (TPSA) is 326 Å². The maximum atomic E-state index is 14.6. The van der Waals surface area contributed by atoms with E-state index >= 15 is 0 Å². The minimum Gasteiger partial charge on any atom is -0.396 e. The molecule has 0 saturated carbocycles. The molecule has 4 aliphatic rings. The van der Waals surface area contributed by atoms with Crippen LogP contribution in [-0.4, -0.2) is 210 Å². The zero-order chi connectivity index (χ0) is 63.0. The first-order valence-electron chi connectivity index (χ1n) is 30.7.